The molecule has 2 unspecified atom stereocenters. The third kappa shape index (κ3) is 6.40. The lowest BCUT2D eigenvalue weighted by molar-refractivity contribution is 0.282. The maximum absolute atomic E-state index is 4.88. The molecule has 0 heterocycles. The zero-order valence-electron chi connectivity index (χ0n) is 16.0. The second-order valence-electron chi connectivity index (χ2n) is 6.89. The van der Waals surface area contributed by atoms with E-state index in [0.717, 1.165) is 18.7 Å². The molecular weight excluding hydrogens is 336 g/mol. The van der Waals surface area contributed by atoms with Crippen molar-refractivity contribution in [3.8, 4) is 0 Å². The second kappa shape index (κ2) is 10.2. The molecule has 0 saturated heterocycles. The molecule has 2 rings (SSSR count). The maximum Gasteiger partial charge on any atom is 0.0382 e. The molecule has 2 atom stereocenters. The molecule has 138 valence electrons. The van der Waals surface area contributed by atoms with Crippen molar-refractivity contribution in [3.05, 3.63) is 90.1 Å². The predicted octanol–water partition coefficient (Wildman–Crippen LogP) is 4.66. The largest absolute Gasteiger partial charge is 0.384 e. The van der Waals surface area contributed by atoms with Gasteiger partial charge in [-0.1, -0.05) is 67.2 Å². The number of allylic oxidation sites excluding steroid dienone is 2. The monoisotopic (exact) mass is 366 g/mol. The van der Waals surface area contributed by atoms with E-state index in [0.29, 0.717) is 6.04 Å². The van der Waals surface area contributed by atoms with Crippen molar-refractivity contribution < 1.29 is 0 Å². The molecule has 0 aliphatic carbocycles. The minimum absolute atomic E-state index is 0.242. The number of likely N-dealkylation sites (N-methyl/N-ethyl adjacent to an activating group) is 1. The Bertz CT molecular complexity index is 708. The number of rotatable bonds is 9. The predicted molar refractivity (Wildman–Crippen MR) is 118 cm³/mol. The number of hydrogen-bond donors (Lipinski definition) is 2. The molecular formula is C23H30N2S. The molecule has 0 radical (unpaired) electrons. The Morgan fingerprint density at radius 2 is 1.65 bits per heavy atom. The van der Waals surface area contributed by atoms with Gasteiger partial charge in [0.25, 0.3) is 0 Å². The fourth-order valence-electron chi connectivity index (χ4n) is 2.99. The van der Waals surface area contributed by atoms with Crippen molar-refractivity contribution in [2.45, 2.75) is 24.6 Å². The fraction of sp³-hybridized carbons (Fsp3) is 0.304. The van der Waals surface area contributed by atoms with Crippen LogP contribution in [0.15, 0.2) is 79.0 Å². The zero-order chi connectivity index (χ0) is 18.9. The van der Waals surface area contributed by atoms with Gasteiger partial charge in [-0.15, -0.1) is 0 Å². The summed E-state index contributed by atoms with van der Waals surface area (Å²) in [6, 6.07) is 21.2. The first-order valence-corrected chi connectivity index (χ1v) is 9.54. The van der Waals surface area contributed by atoms with Crippen molar-refractivity contribution in [3.63, 3.8) is 0 Å². The lowest BCUT2D eigenvalue weighted by Crippen LogP contribution is -2.44. The van der Waals surface area contributed by atoms with Gasteiger partial charge in [0.15, 0.2) is 0 Å². The van der Waals surface area contributed by atoms with E-state index in [1.54, 1.807) is 0 Å². The summed E-state index contributed by atoms with van der Waals surface area (Å²) in [5, 5.41) is 3.71. The van der Waals surface area contributed by atoms with E-state index < -0.39 is 0 Å². The molecule has 0 aliphatic rings. The molecule has 0 saturated carbocycles. The van der Waals surface area contributed by atoms with Crippen molar-refractivity contribution in [2.24, 2.45) is 0 Å². The van der Waals surface area contributed by atoms with Crippen LogP contribution in [0.5, 0.6) is 0 Å². The first-order valence-electron chi connectivity index (χ1n) is 9.02. The van der Waals surface area contributed by atoms with Gasteiger partial charge in [-0.05, 0) is 50.2 Å². The summed E-state index contributed by atoms with van der Waals surface area (Å²) in [5.74, 6) is 0. The average Bonchev–Trinajstić information content (AvgIpc) is 2.63. The van der Waals surface area contributed by atoms with Crippen LogP contribution in [-0.4, -0.2) is 36.8 Å². The van der Waals surface area contributed by atoms with Crippen LogP contribution < -0.4 is 5.32 Å². The summed E-state index contributed by atoms with van der Waals surface area (Å²) in [5.41, 5.74) is 4.67. The average molecular weight is 367 g/mol. The minimum atomic E-state index is 0.242. The van der Waals surface area contributed by atoms with E-state index >= 15 is 0 Å². The summed E-state index contributed by atoms with van der Waals surface area (Å²) in [6.07, 6.45) is 3.05. The van der Waals surface area contributed by atoms with Crippen LogP contribution in [0.1, 0.15) is 18.1 Å². The van der Waals surface area contributed by atoms with Crippen LogP contribution in [-0.2, 0) is 6.42 Å². The number of nitrogens with zero attached hydrogens (tertiary/aromatic N) is 1. The van der Waals surface area contributed by atoms with Gasteiger partial charge < -0.3 is 10.2 Å². The molecule has 0 aromatic heterocycles. The Morgan fingerprint density at radius 1 is 1.08 bits per heavy atom. The Hall–Kier alpha value is -1.97. The van der Waals surface area contributed by atoms with Crippen LogP contribution in [0, 0.1) is 0 Å². The lowest BCUT2D eigenvalue weighted by atomic mass is 10.0. The van der Waals surface area contributed by atoms with Gasteiger partial charge in [-0.3, -0.25) is 0 Å². The van der Waals surface area contributed by atoms with Crippen molar-refractivity contribution in [1.29, 1.82) is 0 Å². The minimum Gasteiger partial charge on any atom is -0.384 e. The van der Waals surface area contributed by atoms with Crippen LogP contribution in [0.3, 0.4) is 0 Å². The molecule has 1 N–H and O–H groups in total. The second-order valence-corrected chi connectivity index (χ2v) is 7.55. The Kier molecular flexibility index (Phi) is 8.02. The molecule has 0 bridgehead atoms. The van der Waals surface area contributed by atoms with Crippen LogP contribution in [0.2, 0.25) is 0 Å². The van der Waals surface area contributed by atoms with Crippen LogP contribution in [0.4, 0.5) is 0 Å². The van der Waals surface area contributed by atoms with Crippen LogP contribution >= 0.6 is 12.6 Å². The van der Waals surface area contributed by atoms with E-state index in [-0.39, 0.29) is 5.25 Å². The van der Waals surface area contributed by atoms with E-state index in [2.05, 4.69) is 92.4 Å². The summed E-state index contributed by atoms with van der Waals surface area (Å²) in [6.45, 7) is 7.09. The van der Waals surface area contributed by atoms with Crippen molar-refractivity contribution >= 4 is 18.2 Å². The lowest BCUT2D eigenvalue weighted by Gasteiger charge is -2.30. The van der Waals surface area contributed by atoms with Gasteiger partial charge in [0.2, 0.25) is 0 Å². The molecule has 3 heteroatoms. The molecule has 0 aliphatic heterocycles. The number of nitrogens with one attached hydrogen (secondary N) is 1. The SMILES string of the molecule is C=C(/C=C(\C)c1ccccc1)NCC(C(S)Cc1ccccc1)N(C)C. The molecule has 0 spiro atoms. The topological polar surface area (TPSA) is 15.3 Å². The van der Waals surface area contributed by atoms with Crippen molar-refractivity contribution in [2.75, 3.05) is 20.6 Å². The van der Waals surface area contributed by atoms with E-state index in [9.17, 15) is 0 Å². The first-order chi connectivity index (χ1) is 12.5. The normalized spacial score (nSPS) is 14.1. The quantitative estimate of drug-likeness (QED) is 0.495. The molecule has 2 nitrogen and oxygen atoms in total. The highest BCUT2D eigenvalue weighted by molar-refractivity contribution is 7.81. The van der Waals surface area contributed by atoms with E-state index in [4.69, 9.17) is 12.6 Å². The van der Waals surface area contributed by atoms with E-state index in [1.807, 2.05) is 12.1 Å². The van der Waals surface area contributed by atoms with Crippen molar-refractivity contribution in [1.82, 2.24) is 10.2 Å². The highest BCUT2D eigenvalue weighted by Crippen LogP contribution is 2.16. The van der Waals surface area contributed by atoms with Gasteiger partial charge in [0.1, 0.15) is 0 Å². The molecule has 26 heavy (non-hydrogen) atoms. The Balaban J connectivity index is 1.94. The highest BCUT2D eigenvalue weighted by atomic mass is 32.1. The van der Waals surface area contributed by atoms with Gasteiger partial charge in [0, 0.05) is 23.5 Å². The Labute approximate surface area is 164 Å². The summed E-state index contributed by atoms with van der Waals surface area (Å²) in [4.78, 5) is 2.23. The van der Waals surface area contributed by atoms with Crippen LogP contribution in [0.25, 0.3) is 5.57 Å². The number of hydrogen-bond acceptors (Lipinski definition) is 3. The van der Waals surface area contributed by atoms with Gasteiger partial charge in [0.05, 0.1) is 0 Å². The Morgan fingerprint density at radius 3 is 2.23 bits per heavy atom. The van der Waals surface area contributed by atoms with Gasteiger partial charge in [-0.25, -0.2) is 0 Å². The summed E-state index contributed by atoms with van der Waals surface area (Å²) in [7, 11) is 4.21. The molecule has 0 amide bonds. The summed E-state index contributed by atoms with van der Waals surface area (Å²) < 4.78 is 0. The molecule has 2 aromatic carbocycles. The van der Waals surface area contributed by atoms with Gasteiger partial charge >= 0.3 is 0 Å². The standard InChI is InChI=1S/C23H30N2S/c1-18(21-13-9-6-10-14-21)15-19(2)24-17-22(25(3)4)23(26)16-20-11-7-5-8-12-20/h5-15,22-24,26H,2,16-17H2,1,3-4H3/b18-15+. The summed E-state index contributed by atoms with van der Waals surface area (Å²) >= 11 is 4.88. The number of thiol groups is 1. The fourth-order valence-corrected chi connectivity index (χ4v) is 3.57. The number of benzene rings is 2. The highest BCUT2D eigenvalue weighted by Gasteiger charge is 2.20. The first kappa shape index (κ1) is 20.3. The maximum atomic E-state index is 4.88. The third-order valence-corrected chi connectivity index (χ3v) is 5.08. The van der Waals surface area contributed by atoms with E-state index in [1.165, 1.54) is 16.7 Å². The van der Waals surface area contributed by atoms with Gasteiger partial charge in [-0.2, -0.15) is 12.6 Å². The molecule has 0 fully saturated rings. The smallest absolute Gasteiger partial charge is 0.0382 e. The third-order valence-electron chi connectivity index (χ3n) is 4.55. The molecule has 2 aromatic rings. The zero-order valence-corrected chi connectivity index (χ0v) is 16.9.